The van der Waals surface area contributed by atoms with Gasteiger partial charge in [-0.25, -0.2) is 0 Å². The van der Waals surface area contributed by atoms with Crippen molar-refractivity contribution in [1.82, 2.24) is 10.2 Å². The summed E-state index contributed by atoms with van der Waals surface area (Å²) < 4.78 is 5.54. The lowest BCUT2D eigenvalue weighted by molar-refractivity contribution is 0.0822. The summed E-state index contributed by atoms with van der Waals surface area (Å²) in [6.07, 6.45) is 2.42. The van der Waals surface area contributed by atoms with E-state index in [0.29, 0.717) is 6.04 Å². The van der Waals surface area contributed by atoms with Gasteiger partial charge in [0.25, 0.3) is 0 Å². The van der Waals surface area contributed by atoms with Gasteiger partial charge in [-0.05, 0) is 33.4 Å². The van der Waals surface area contributed by atoms with Gasteiger partial charge in [-0.3, -0.25) is 4.90 Å². The molecule has 1 rings (SSSR count). The fraction of sp³-hybridized carbons (Fsp3) is 0.917. The second-order valence-corrected chi connectivity index (χ2v) is 4.51. The molecule has 4 heteroatoms. The standard InChI is InChI=1S/C12H23N3O/c1-4-6-14-11(8-13)9-15(3)12-5-7-16-10(12)2/h10-12,14H,4-7,9H2,1-3H3. The lowest BCUT2D eigenvalue weighted by Gasteiger charge is -2.28. The van der Waals surface area contributed by atoms with Gasteiger partial charge in [0.05, 0.1) is 12.2 Å². The van der Waals surface area contributed by atoms with Crippen LogP contribution in [-0.4, -0.2) is 49.8 Å². The molecule has 3 unspecified atom stereocenters. The number of nitrogens with one attached hydrogen (secondary N) is 1. The van der Waals surface area contributed by atoms with Gasteiger partial charge in [0, 0.05) is 19.2 Å². The number of hydrogen-bond donors (Lipinski definition) is 1. The van der Waals surface area contributed by atoms with Crippen molar-refractivity contribution in [1.29, 1.82) is 5.26 Å². The first kappa shape index (κ1) is 13.4. The van der Waals surface area contributed by atoms with Crippen LogP contribution in [0.25, 0.3) is 0 Å². The maximum Gasteiger partial charge on any atom is 0.108 e. The summed E-state index contributed by atoms with van der Waals surface area (Å²) in [5.74, 6) is 0. The molecule has 0 aromatic rings. The zero-order valence-electron chi connectivity index (χ0n) is 10.6. The average molecular weight is 225 g/mol. The first-order valence-electron chi connectivity index (χ1n) is 6.13. The number of rotatable bonds is 6. The Morgan fingerprint density at radius 1 is 1.62 bits per heavy atom. The predicted octanol–water partition coefficient (Wildman–Crippen LogP) is 0.987. The Morgan fingerprint density at radius 2 is 2.38 bits per heavy atom. The summed E-state index contributed by atoms with van der Waals surface area (Å²) in [6, 6.07) is 2.70. The molecule has 1 aliphatic heterocycles. The highest BCUT2D eigenvalue weighted by Gasteiger charge is 2.28. The number of nitriles is 1. The molecule has 0 radical (unpaired) electrons. The number of nitrogens with zero attached hydrogens (tertiary/aromatic N) is 2. The molecule has 0 saturated carbocycles. The molecule has 92 valence electrons. The van der Waals surface area contributed by atoms with Gasteiger partial charge in [-0.2, -0.15) is 5.26 Å². The fourth-order valence-electron chi connectivity index (χ4n) is 2.19. The van der Waals surface area contributed by atoms with E-state index in [1.807, 2.05) is 0 Å². The second-order valence-electron chi connectivity index (χ2n) is 4.51. The summed E-state index contributed by atoms with van der Waals surface area (Å²) in [5, 5.41) is 12.3. The molecule has 0 aliphatic carbocycles. The minimum Gasteiger partial charge on any atom is -0.377 e. The quantitative estimate of drug-likeness (QED) is 0.732. The van der Waals surface area contributed by atoms with Crippen LogP contribution < -0.4 is 5.32 Å². The highest BCUT2D eigenvalue weighted by atomic mass is 16.5. The molecule has 1 saturated heterocycles. The Morgan fingerprint density at radius 3 is 2.88 bits per heavy atom. The Kier molecular flexibility index (Phi) is 5.75. The molecule has 1 fully saturated rings. The van der Waals surface area contributed by atoms with E-state index in [-0.39, 0.29) is 12.1 Å². The maximum absolute atomic E-state index is 9.04. The van der Waals surface area contributed by atoms with Crippen LogP contribution in [0, 0.1) is 11.3 Å². The molecule has 0 aromatic heterocycles. The Bertz CT molecular complexity index is 239. The van der Waals surface area contributed by atoms with Crippen molar-refractivity contribution in [2.45, 2.75) is 44.9 Å². The summed E-state index contributed by atoms with van der Waals surface area (Å²) in [7, 11) is 2.08. The van der Waals surface area contributed by atoms with Crippen LogP contribution >= 0.6 is 0 Å². The SMILES string of the molecule is CCCNC(C#N)CN(C)C1CCOC1C. The van der Waals surface area contributed by atoms with Gasteiger partial charge in [-0.1, -0.05) is 6.92 Å². The van der Waals surface area contributed by atoms with E-state index in [9.17, 15) is 0 Å². The van der Waals surface area contributed by atoms with Gasteiger partial charge in [0.1, 0.15) is 6.04 Å². The summed E-state index contributed by atoms with van der Waals surface area (Å²) in [6.45, 7) is 6.74. The zero-order chi connectivity index (χ0) is 12.0. The van der Waals surface area contributed by atoms with Gasteiger partial charge < -0.3 is 10.1 Å². The van der Waals surface area contributed by atoms with Crippen LogP contribution in [0.1, 0.15) is 26.7 Å². The molecule has 4 nitrogen and oxygen atoms in total. The van der Waals surface area contributed by atoms with Crippen molar-refractivity contribution < 1.29 is 4.74 Å². The van der Waals surface area contributed by atoms with Crippen molar-refractivity contribution in [2.24, 2.45) is 0 Å². The first-order valence-corrected chi connectivity index (χ1v) is 6.13. The van der Waals surface area contributed by atoms with E-state index in [2.05, 4.69) is 37.2 Å². The molecular weight excluding hydrogens is 202 g/mol. The maximum atomic E-state index is 9.04. The van der Waals surface area contributed by atoms with Crippen molar-refractivity contribution in [3.05, 3.63) is 0 Å². The molecular formula is C12H23N3O. The van der Waals surface area contributed by atoms with Crippen LogP contribution in [0.2, 0.25) is 0 Å². The van der Waals surface area contributed by atoms with Crippen molar-refractivity contribution in [3.63, 3.8) is 0 Å². The Labute approximate surface area is 98.6 Å². The third-order valence-electron chi connectivity index (χ3n) is 3.17. The average Bonchev–Trinajstić information content (AvgIpc) is 2.70. The largest absolute Gasteiger partial charge is 0.377 e. The number of hydrogen-bond acceptors (Lipinski definition) is 4. The van der Waals surface area contributed by atoms with Crippen molar-refractivity contribution in [3.8, 4) is 6.07 Å². The molecule has 1 heterocycles. The van der Waals surface area contributed by atoms with Crippen molar-refractivity contribution in [2.75, 3.05) is 26.7 Å². The molecule has 3 atom stereocenters. The van der Waals surface area contributed by atoms with E-state index >= 15 is 0 Å². The van der Waals surface area contributed by atoms with Crippen LogP contribution in [0.15, 0.2) is 0 Å². The van der Waals surface area contributed by atoms with Crippen LogP contribution in [0.3, 0.4) is 0 Å². The number of ether oxygens (including phenoxy) is 1. The summed E-state index contributed by atoms with van der Waals surface area (Å²) in [5.41, 5.74) is 0. The molecule has 0 aromatic carbocycles. The molecule has 0 amide bonds. The van der Waals surface area contributed by atoms with Gasteiger partial charge in [-0.15, -0.1) is 0 Å². The lowest BCUT2D eigenvalue weighted by atomic mass is 10.1. The van der Waals surface area contributed by atoms with Crippen LogP contribution in [-0.2, 0) is 4.74 Å². The van der Waals surface area contributed by atoms with Crippen molar-refractivity contribution >= 4 is 0 Å². The third kappa shape index (κ3) is 3.75. The summed E-state index contributed by atoms with van der Waals surface area (Å²) >= 11 is 0. The van der Waals surface area contributed by atoms with E-state index in [0.717, 1.165) is 32.5 Å². The topological polar surface area (TPSA) is 48.3 Å². The van der Waals surface area contributed by atoms with E-state index in [1.165, 1.54) is 0 Å². The highest BCUT2D eigenvalue weighted by molar-refractivity contribution is 4.93. The predicted molar refractivity (Wildman–Crippen MR) is 64.1 cm³/mol. The van der Waals surface area contributed by atoms with E-state index in [1.54, 1.807) is 0 Å². The fourth-order valence-corrected chi connectivity index (χ4v) is 2.19. The molecule has 0 bridgehead atoms. The first-order chi connectivity index (χ1) is 7.69. The van der Waals surface area contributed by atoms with Gasteiger partial charge >= 0.3 is 0 Å². The second kappa shape index (κ2) is 6.85. The number of likely N-dealkylation sites (N-methyl/N-ethyl adjacent to an activating group) is 1. The zero-order valence-corrected chi connectivity index (χ0v) is 10.6. The van der Waals surface area contributed by atoms with E-state index < -0.39 is 0 Å². The van der Waals surface area contributed by atoms with Crippen LogP contribution in [0.5, 0.6) is 0 Å². The minimum atomic E-state index is -0.0715. The Balaban J connectivity index is 2.36. The molecule has 1 aliphatic rings. The summed E-state index contributed by atoms with van der Waals surface area (Å²) in [4.78, 5) is 2.24. The highest BCUT2D eigenvalue weighted by Crippen LogP contribution is 2.18. The monoisotopic (exact) mass is 225 g/mol. The Hall–Kier alpha value is -0.630. The molecule has 0 spiro atoms. The molecule has 1 N–H and O–H groups in total. The van der Waals surface area contributed by atoms with Crippen LogP contribution in [0.4, 0.5) is 0 Å². The lowest BCUT2D eigenvalue weighted by Crippen LogP contribution is -2.45. The van der Waals surface area contributed by atoms with Gasteiger partial charge in [0.15, 0.2) is 0 Å². The van der Waals surface area contributed by atoms with E-state index in [4.69, 9.17) is 10.00 Å². The third-order valence-corrected chi connectivity index (χ3v) is 3.17. The molecule has 16 heavy (non-hydrogen) atoms. The minimum absolute atomic E-state index is 0.0715. The smallest absolute Gasteiger partial charge is 0.108 e. The van der Waals surface area contributed by atoms with Gasteiger partial charge in [0.2, 0.25) is 0 Å². The normalized spacial score (nSPS) is 26.9.